The standard InChI is InChI=1S/C14H18N2O2/c1-8-5-6-9-10(7-8)16-12(11(9)15)13(17)18-14(2,3)4/h5-7,16H,15H2,1-4H3. The molecule has 0 aliphatic carbocycles. The Kier molecular flexibility index (Phi) is 2.81. The second-order valence-corrected chi connectivity index (χ2v) is 5.46. The van der Waals surface area contributed by atoms with Crippen molar-refractivity contribution in [3.63, 3.8) is 0 Å². The van der Waals surface area contributed by atoms with Crippen molar-refractivity contribution in [1.29, 1.82) is 0 Å². The lowest BCUT2D eigenvalue weighted by molar-refractivity contribution is 0.00652. The molecule has 96 valence electrons. The lowest BCUT2D eigenvalue weighted by Gasteiger charge is -2.19. The van der Waals surface area contributed by atoms with Gasteiger partial charge in [0.2, 0.25) is 0 Å². The number of aromatic amines is 1. The summed E-state index contributed by atoms with van der Waals surface area (Å²) >= 11 is 0. The van der Waals surface area contributed by atoms with Gasteiger partial charge in [0.25, 0.3) is 0 Å². The van der Waals surface area contributed by atoms with E-state index in [-0.39, 0.29) is 0 Å². The van der Waals surface area contributed by atoms with E-state index in [0.717, 1.165) is 16.5 Å². The van der Waals surface area contributed by atoms with Crippen LogP contribution < -0.4 is 5.73 Å². The van der Waals surface area contributed by atoms with E-state index in [0.29, 0.717) is 11.4 Å². The van der Waals surface area contributed by atoms with Gasteiger partial charge in [-0.15, -0.1) is 0 Å². The normalized spacial score (nSPS) is 11.8. The number of benzene rings is 1. The zero-order valence-electron chi connectivity index (χ0n) is 11.1. The molecule has 4 nitrogen and oxygen atoms in total. The van der Waals surface area contributed by atoms with E-state index < -0.39 is 11.6 Å². The molecule has 4 heteroatoms. The molecule has 0 radical (unpaired) electrons. The van der Waals surface area contributed by atoms with E-state index in [1.807, 2.05) is 45.9 Å². The number of hydrogen-bond acceptors (Lipinski definition) is 3. The number of nitrogens with one attached hydrogen (secondary N) is 1. The van der Waals surface area contributed by atoms with Crippen LogP contribution in [0.4, 0.5) is 5.69 Å². The zero-order valence-corrected chi connectivity index (χ0v) is 11.1. The van der Waals surface area contributed by atoms with E-state index in [1.165, 1.54) is 0 Å². The highest BCUT2D eigenvalue weighted by atomic mass is 16.6. The van der Waals surface area contributed by atoms with Gasteiger partial charge < -0.3 is 15.5 Å². The molecule has 3 N–H and O–H groups in total. The monoisotopic (exact) mass is 246 g/mol. The summed E-state index contributed by atoms with van der Waals surface area (Å²) in [7, 11) is 0. The summed E-state index contributed by atoms with van der Waals surface area (Å²) in [4.78, 5) is 15.0. The molecule has 1 heterocycles. The van der Waals surface area contributed by atoms with Crippen LogP contribution in [-0.2, 0) is 4.74 Å². The predicted octanol–water partition coefficient (Wildman–Crippen LogP) is 3.01. The fourth-order valence-corrected chi connectivity index (χ4v) is 1.82. The van der Waals surface area contributed by atoms with Crippen LogP contribution in [0.2, 0.25) is 0 Å². The minimum absolute atomic E-state index is 0.325. The first-order valence-electron chi connectivity index (χ1n) is 5.89. The molecule has 18 heavy (non-hydrogen) atoms. The highest BCUT2D eigenvalue weighted by Gasteiger charge is 2.22. The van der Waals surface area contributed by atoms with Crippen LogP contribution in [0.1, 0.15) is 36.8 Å². The van der Waals surface area contributed by atoms with Crippen molar-refractivity contribution in [2.45, 2.75) is 33.3 Å². The van der Waals surface area contributed by atoms with E-state index >= 15 is 0 Å². The lowest BCUT2D eigenvalue weighted by atomic mass is 10.1. The molecule has 0 aliphatic rings. The molecule has 0 bridgehead atoms. The molecule has 0 atom stereocenters. The second kappa shape index (κ2) is 4.05. The van der Waals surface area contributed by atoms with Crippen molar-refractivity contribution >= 4 is 22.6 Å². The fourth-order valence-electron chi connectivity index (χ4n) is 1.82. The summed E-state index contributed by atoms with van der Waals surface area (Å²) in [6, 6.07) is 5.83. The summed E-state index contributed by atoms with van der Waals surface area (Å²) in [6.45, 7) is 7.47. The number of carbonyl (C=O) groups excluding carboxylic acids is 1. The van der Waals surface area contributed by atoms with Crippen LogP contribution in [0.5, 0.6) is 0 Å². The van der Waals surface area contributed by atoms with Gasteiger partial charge in [-0.05, 0) is 39.3 Å². The Balaban J connectivity index is 2.46. The molecule has 0 amide bonds. The van der Waals surface area contributed by atoms with Crippen molar-refractivity contribution in [1.82, 2.24) is 4.98 Å². The quantitative estimate of drug-likeness (QED) is 0.760. The summed E-state index contributed by atoms with van der Waals surface area (Å²) in [6.07, 6.45) is 0. The van der Waals surface area contributed by atoms with Crippen LogP contribution in [-0.4, -0.2) is 16.6 Å². The van der Waals surface area contributed by atoms with Gasteiger partial charge in [-0.1, -0.05) is 12.1 Å². The summed E-state index contributed by atoms with van der Waals surface area (Å²) < 4.78 is 5.31. The summed E-state index contributed by atoms with van der Waals surface area (Å²) in [5.41, 5.74) is 8.18. The van der Waals surface area contributed by atoms with Crippen LogP contribution in [0.25, 0.3) is 10.9 Å². The summed E-state index contributed by atoms with van der Waals surface area (Å²) in [5.74, 6) is -0.422. The number of H-pyrrole nitrogens is 1. The first kappa shape index (κ1) is 12.5. The molecular weight excluding hydrogens is 228 g/mol. The Morgan fingerprint density at radius 3 is 2.61 bits per heavy atom. The molecule has 0 spiro atoms. The molecule has 0 fully saturated rings. The fraction of sp³-hybridized carbons (Fsp3) is 0.357. The van der Waals surface area contributed by atoms with Gasteiger partial charge in [0.1, 0.15) is 11.3 Å². The number of ether oxygens (including phenoxy) is 1. The number of esters is 1. The zero-order chi connectivity index (χ0) is 13.5. The number of aromatic nitrogens is 1. The molecular formula is C14H18N2O2. The molecule has 1 aromatic carbocycles. The van der Waals surface area contributed by atoms with Crippen molar-refractivity contribution < 1.29 is 9.53 Å². The SMILES string of the molecule is Cc1ccc2c(N)c(C(=O)OC(C)(C)C)[nH]c2c1. The maximum atomic E-state index is 12.0. The van der Waals surface area contributed by atoms with Crippen molar-refractivity contribution in [2.24, 2.45) is 0 Å². The third-order valence-electron chi connectivity index (χ3n) is 2.60. The summed E-state index contributed by atoms with van der Waals surface area (Å²) in [5, 5.41) is 0.849. The van der Waals surface area contributed by atoms with Gasteiger partial charge in [0, 0.05) is 10.9 Å². The van der Waals surface area contributed by atoms with E-state index in [9.17, 15) is 4.79 Å². The van der Waals surface area contributed by atoms with Crippen LogP contribution >= 0.6 is 0 Å². The van der Waals surface area contributed by atoms with Gasteiger partial charge in [0.15, 0.2) is 0 Å². The second-order valence-electron chi connectivity index (χ2n) is 5.46. The number of nitrogen functional groups attached to an aromatic ring is 1. The number of aryl methyl sites for hydroxylation is 1. The number of anilines is 1. The Morgan fingerprint density at radius 2 is 2.00 bits per heavy atom. The average molecular weight is 246 g/mol. The molecule has 0 saturated heterocycles. The third-order valence-corrected chi connectivity index (χ3v) is 2.60. The molecule has 0 saturated carbocycles. The largest absolute Gasteiger partial charge is 0.455 e. The maximum Gasteiger partial charge on any atom is 0.357 e. The van der Waals surface area contributed by atoms with Gasteiger partial charge in [-0.3, -0.25) is 0 Å². The topological polar surface area (TPSA) is 68.1 Å². The first-order chi connectivity index (χ1) is 8.28. The maximum absolute atomic E-state index is 12.0. The minimum atomic E-state index is -0.531. The van der Waals surface area contributed by atoms with Gasteiger partial charge in [-0.25, -0.2) is 4.79 Å². The number of rotatable bonds is 1. The molecule has 2 aromatic rings. The Labute approximate surface area is 106 Å². The predicted molar refractivity (Wildman–Crippen MR) is 72.6 cm³/mol. The average Bonchev–Trinajstić information content (AvgIpc) is 2.53. The first-order valence-corrected chi connectivity index (χ1v) is 5.89. The molecule has 0 aliphatic heterocycles. The van der Waals surface area contributed by atoms with Crippen LogP contribution in [0.15, 0.2) is 18.2 Å². The third kappa shape index (κ3) is 2.32. The highest BCUT2D eigenvalue weighted by Crippen LogP contribution is 2.27. The minimum Gasteiger partial charge on any atom is -0.455 e. The smallest absolute Gasteiger partial charge is 0.357 e. The molecule has 0 unspecified atom stereocenters. The Morgan fingerprint density at radius 1 is 1.33 bits per heavy atom. The Bertz CT molecular complexity index is 606. The van der Waals surface area contributed by atoms with Gasteiger partial charge in [-0.2, -0.15) is 0 Å². The molecule has 2 rings (SSSR count). The van der Waals surface area contributed by atoms with Crippen molar-refractivity contribution in [3.05, 3.63) is 29.5 Å². The lowest BCUT2D eigenvalue weighted by Crippen LogP contribution is -2.24. The number of nitrogens with two attached hydrogens (primary N) is 1. The van der Waals surface area contributed by atoms with Crippen LogP contribution in [0.3, 0.4) is 0 Å². The van der Waals surface area contributed by atoms with E-state index in [1.54, 1.807) is 0 Å². The van der Waals surface area contributed by atoms with E-state index in [2.05, 4.69) is 4.98 Å². The molecule has 1 aromatic heterocycles. The highest BCUT2D eigenvalue weighted by molar-refractivity contribution is 6.05. The Hall–Kier alpha value is -1.97. The number of carbonyl (C=O) groups is 1. The van der Waals surface area contributed by atoms with Crippen molar-refractivity contribution in [2.75, 3.05) is 5.73 Å². The van der Waals surface area contributed by atoms with Crippen molar-refractivity contribution in [3.8, 4) is 0 Å². The number of fused-ring (bicyclic) bond motifs is 1. The number of hydrogen-bond donors (Lipinski definition) is 2. The van der Waals surface area contributed by atoms with Gasteiger partial charge in [0.05, 0.1) is 5.69 Å². The van der Waals surface area contributed by atoms with Gasteiger partial charge >= 0.3 is 5.97 Å². The van der Waals surface area contributed by atoms with E-state index in [4.69, 9.17) is 10.5 Å². The van der Waals surface area contributed by atoms with Crippen LogP contribution in [0, 0.1) is 6.92 Å².